The second-order valence-corrected chi connectivity index (χ2v) is 9.99. The number of nitrogens with zero attached hydrogens (tertiary/aromatic N) is 2. The lowest BCUT2D eigenvalue weighted by atomic mass is 9.71. The van der Waals surface area contributed by atoms with Crippen LogP contribution in [0.25, 0.3) is 0 Å². The SMILES string of the molecule is Cc1c(CS(=O)(=O)F)c(C)c(N2CCN(C(=O)OC(C)(C)C)CC2)c(C)c1B(O)O. The number of benzene rings is 1. The highest BCUT2D eigenvalue weighted by molar-refractivity contribution is 7.85. The van der Waals surface area contributed by atoms with E-state index in [1.165, 1.54) is 0 Å². The first-order chi connectivity index (χ1) is 13.6. The van der Waals surface area contributed by atoms with E-state index in [0.717, 1.165) is 0 Å². The van der Waals surface area contributed by atoms with Crippen LogP contribution in [-0.2, 0) is 20.7 Å². The third-order valence-electron chi connectivity index (χ3n) is 5.25. The van der Waals surface area contributed by atoms with Crippen LogP contribution in [0.3, 0.4) is 0 Å². The van der Waals surface area contributed by atoms with E-state index in [1.807, 2.05) is 4.90 Å². The fourth-order valence-electron chi connectivity index (χ4n) is 3.97. The maximum absolute atomic E-state index is 13.5. The number of carbonyl (C=O) groups excluding carboxylic acids is 1. The fraction of sp³-hybridized carbons (Fsp3) is 0.632. The van der Waals surface area contributed by atoms with Crippen LogP contribution >= 0.6 is 0 Å². The molecule has 1 amide bonds. The van der Waals surface area contributed by atoms with Gasteiger partial charge >= 0.3 is 23.4 Å². The Morgan fingerprint density at radius 3 is 2.03 bits per heavy atom. The molecule has 1 aliphatic heterocycles. The van der Waals surface area contributed by atoms with Crippen molar-refractivity contribution < 1.29 is 31.9 Å². The predicted molar refractivity (Wildman–Crippen MR) is 114 cm³/mol. The minimum Gasteiger partial charge on any atom is -0.444 e. The Labute approximate surface area is 178 Å². The molecule has 0 atom stereocenters. The number of halogens is 1. The maximum atomic E-state index is 13.5. The van der Waals surface area contributed by atoms with E-state index in [0.29, 0.717) is 48.6 Å². The number of amides is 1. The molecule has 8 nitrogen and oxygen atoms in total. The Balaban J connectivity index is 2.39. The highest BCUT2D eigenvalue weighted by atomic mass is 32.3. The van der Waals surface area contributed by atoms with Crippen molar-refractivity contribution in [2.75, 3.05) is 31.1 Å². The van der Waals surface area contributed by atoms with Gasteiger partial charge in [-0.15, -0.1) is 3.89 Å². The van der Waals surface area contributed by atoms with E-state index in [1.54, 1.807) is 46.4 Å². The summed E-state index contributed by atoms with van der Waals surface area (Å²) in [5, 5.41) is 19.7. The number of rotatable bonds is 4. The first-order valence-electron chi connectivity index (χ1n) is 9.76. The number of hydrogen-bond donors (Lipinski definition) is 2. The average Bonchev–Trinajstić information content (AvgIpc) is 2.56. The molecule has 1 aromatic rings. The first kappa shape index (κ1) is 24.4. The molecule has 0 radical (unpaired) electrons. The number of carbonyl (C=O) groups is 1. The van der Waals surface area contributed by atoms with Gasteiger partial charge in [-0.25, -0.2) is 4.79 Å². The van der Waals surface area contributed by atoms with Crippen molar-refractivity contribution in [1.82, 2.24) is 4.90 Å². The van der Waals surface area contributed by atoms with E-state index in [9.17, 15) is 27.1 Å². The summed E-state index contributed by atoms with van der Waals surface area (Å²) in [6, 6.07) is 0. The third-order valence-corrected chi connectivity index (χ3v) is 5.88. The molecule has 1 aliphatic rings. The van der Waals surface area contributed by atoms with Crippen molar-refractivity contribution >= 4 is 34.6 Å². The molecule has 0 spiro atoms. The lowest BCUT2D eigenvalue weighted by Gasteiger charge is -2.39. The smallest absolute Gasteiger partial charge is 0.444 e. The van der Waals surface area contributed by atoms with Gasteiger partial charge in [0.1, 0.15) is 11.4 Å². The summed E-state index contributed by atoms with van der Waals surface area (Å²) in [5.41, 5.74) is 1.92. The molecular weight excluding hydrogens is 414 g/mol. The fourth-order valence-corrected chi connectivity index (χ4v) is 4.74. The molecule has 0 aromatic heterocycles. The van der Waals surface area contributed by atoms with Gasteiger partial charge in [0.15, 0.2) is 0 Å². The van der Waals surface area contributed by atoms with Crippen LogP contribution in [0.1, 0.15) is 43.0 Å². The number of anilines is 1. The third kappa shape index (κ3) is 5.64. The van der Waals surface area contributed by atoms with Gasteiger partial charge in [-0.3, -0.25) is 0 Å². The molecule has 1 aromatic carbocycles. The minimum absolute atomic E-state index is 0.170. The van der Waals surface area contributed by atoms with Crippen molar-refractivity contribution in [2.45, 2.75) is 52.9 Å². The van der Waals surface area contributed by atoms with Gasteiger partial charge in [0, 0.05) is 31.9 Å². The Morgan fingerprint density at radius 2 is 1.60 bits per heavy atom. The zero-order valence-corrected chi connectivity index (χ0v) is 19.1. The maximum Gasteiger partial charge on any atom is 0.489 e. The Hall–Kier alpha value is -1.85. The van der Waals surface area contributed by atoms with E-state index in [4.69, 9.17) is 4.74 Å². The van der Waals surface area contributed by atoms with Gasteiger partial charge in [-0.2, -0.15) is 8.42 Å². The van der Waals surface area contributed by atoms with Crippen molar-refractivity contribution in [2.24, 2.45) is 0 Å². The summed E-state index contributed by atoms with van der Waals surface area (Å²) in [6.07, 6.45) is -0.407. The zero-order valence-electron chi connectivity index (χ0n) is 18.3. The topological polar surface area (TPSA) is 107 Å². The minimum atomic E-state index is -4.81. The quantitative estimate of drug-likeness (QED) is 0.530. The number of hydrogen-bond acceptors (Lipinski definition) is 7. The molecule has 0 aliphatic carbocycles. The van der Waals surface area contributed by atoms with Gasteiger partial charge in [0.05, 0.1) is 0 Å². The largest absolute Gasteiger partial charge is 0.489 e. The summed E-state index contributed by atoms with van der Waals surface area (Å²) in [4.78, 5) is 15.8. The van der Waals surface area contributed by atoms with Crippen LogP contribution < -0.4 is 10.4 Å². The molecule has 1 fully saturated rings. The molecule has 0 unspecified atom stereocenters. The first-order valence-corrected chi connectivity index (χ1v) is 11.3. The van der Waals surface area contributed by atoms with Gasteiger partial charge in [-0.1, -0.05) is 0 Å². The van der Waals surface area contributed by atoms with Crippen molar-refractivity contribution in [3.05, 3.63) is 22.3 Å². The highest BCUT2D eigenvalue weighted by Gasteiger charge is 2.31. The molecule has 1 saturated heterocycles. The number of piperazine rings is 1. The Morgan fingerprint density at radius 1 is 1.07 bits per heavy atom. The highest BCUT2D eigenvalue weighted by Crippen LogP contribution is 2.31. The molecule has 0 saturated carbocycles. The summed E-state index contributed by atoms with van der Waals surface area (Å²) in [5.74, 6) is -0.838. The van der Waals surface area contributed by atoms with E-state index in [-0.39, 0.29) is 11.0 Å². The number of ether oxygens (including phenoxy) is 1. The monoisotopic (exact) mass is 444 g/mol. The summed E-state index contributed by atoms with van der Waals surface area (Å²) in [6.45, 7) is 12.0. The second kappa shape index (κ2) is 8.72. The Bertz CT molecular complexity index is 922. The summed E-state index contributed by atoms with van der Waals surface area (Å²) in [7, 11) is -6.64. The predicted octanol–water partition coefficient (Wildman–Crippen LogP) is 1.15. The standard InChI is InChI=1S/C19H30BFN2O6S/c1-12-15(11-30(21,27)28)13(2)17(14(3)16(12)20(25)26)22-7-9-23(10-8-22)18(24)29-19(4,5)6/h25-26H,7-11H2,1-6H3. The van der Waals surface area contributed by atoms with Crippen LogP contribution in [0.2, 0.25) is 0 Å². The van der Waals surface area contributed by atoms with Crippen LogP contribution in [-0.4, -0.2) is 68.4 Å². The zero-order chi connectivity index (χ0) is 23.0. The summed E-state index contributed by atoms with van der Waals surface area (Å²) >= 11 is 0. The van der Waals surface area contributed by atoms with Crippen LogP contribution in [0.4, 0.5) is 14.4 Å². The van der Waals surface area contributed by atoms with Gasteiger partial charge in [0.25, 0.3) is 0 Å². The van der Waals surface area contributed by atoms with Gasteiger partial charge in [0.2, 0.25) is 0 Å². The van der Waals surface area contributed by atoms with Crippen molar-refractivity contribution in [1.29, 1.82) is 0 Å². The van der Waals surface area contributed by atoms with E-state index < -0.39 is 34.8 Å². The van der Waals surface area contributed by atoms with Gasteiger partial charge < -0.3 is 24.6 Å². The average molecular weight is 444 g/mol. The van der Waals surface area contributed by atoms with Crippen LogP contribution in [0.15, 0.2) is 0 Å². The van der Waals surface area contributed by atoms with E-state index in [2.05, 4.69) is 0 Å². The lowest BCUT2D eigenvalue weighted by Crippen LogP contribution is -2.51. The van der Waals surface area contributed by atoms with Crippen molar-refractivity contribution in [3.8, 4) is 0 Å². The lowest BCUT2D eigenvalue weighted by molar-refractivity contribution is 0.0240. The molecule has 1 heterocycles. The molecule has 0 bridgehead atoms. The normalized spacial score (nSPS) is 15.4. The Kier molecular flexibility index (Phi) is 7.10. The molecular formula is C19H30BFN2O6S. The second-order valence-electron chi connectivity index (χ2n) is 8.63. The molecule has 2 rings (SSSR count). The van der Waals surface area contributed by atoms with Crippen LogP contribution in [0.5, 0.6) is 0 Å². The van der Waals surface area contributed by atoms with Crippen LogP contribution in [0, 0.1) is 20.8 Å². The van der Waals surface area contributed by atoms with E-state index >= 15 is 0 Å². The van der Waals surface area contributed by atoms with Gasteiger partial charge in [-0.05, 0) is 69.3 Å². The van der Waals surface area contributed by atoms with Crippen molar-refractivity contribution in [3.63, 3.8) is 0 Å². The molecule has 2 N–H and O–H groups in total. The molecule has 30 heavy (non-hydrogen) atoms. The molecule has 168 valence electrons. The summed E-state index contributed by atoms with van der Waals surface area (Å²) < 4.78 is 41.5. The molecule has 11 heteroatoms.